The molecule has 2 aromatic rings. The normalized spacial score (nSPS) is 13.1. The van der Waals surface area contributed by atoms with E-state index in [0.29, 0.717) is 12.0 Å². The third kappa shape index (κ3) is 5.87. The van der Waals surface area contributed by atoms with Gasteiger partial charge in [-0.2, -0.15) is 8.42 Å². The Balaban J connectivity index is 2.57. The molecule has 2 rings (SSSR count). The van der Waals surface area contributed by atoms with Crippen LogP contribution >= 0.6 is 15.9 Å². The van der Waals surface area contributed by atoms with E-state index in [2.05, 4.69) is 20.3 Å². The molecular formula is C21H22BrNO4S. The summed E-state index contributed by atoms with van der Waals surface area (Å²) in [6, 6.07) is 15.8. The van der Waals surface area contributed by atoms with Gasteiger partial charge in [-0.05, 0) is 54.4 Å². The van der Waals surface area contributed by atoms with Gasteiger partial charge in [0.2, 0.25) is 5.90 Å². The largest absolute Gasteiger partial charge is 0.477 e. The van der Waals surface area contributed by atoms with Crippen LogP contribution in [0.1, 0.15) is 25.0 Å². The maximum Gasteiger partial charge on any atom is 0.285 e. The van der Waals surface area contributed by atoms with E-state index in [4.69, 9.17) is 4.74 Å². The van der Waals surface area contributed by atoms with Gasteiger partial charge in [0.25, 0.3) is 10.0 Å². The van der Waals surface area contributed by atoms with Crippen LogP contribution < -0.4 is 0 Å². The Labute approximate surface area is 174 Å². The molecule has 0 aliphatic carbocycles. The van der Waals surface area contributed by atoms with Crippen molar-refractivity contribution >= 4 is 37.6 Å². The lowest BCUT2D eigenvalue weighted by molar-refractivity contribution is -0.112. The summed E-state index contributed by atoms with van der Waals surface area (Å²) in [4.78, 5) is 12.1. The van der Waals surface area contributed by atoms with Gasteiger partial charge < -0.3 is 4.74 Å². The van der Waals surface area contributed by atoms with Crippen LogP contribution in [0.4, 0.5) is 0 Å². The van der Waals surface area contributed by atoms with Crippen molar-refractivity contribution in [1.82, 2.24) is 0 Å². The van der Waals surface area contributed by atoms with Crippen LogP contribution in [0.25, 0.3) is 0 Å². The first kappa shape index (κ1) is 22.0. The summed E-state index contributed by atoms with van der Waals surface area (Å²) in [7, 11) is -4.00. The molecular weight excluding hydrogens is 442 g/mol. The van der Waals surface area contributed by atoms with Crippen LogP contribution in [0.15, 0.2) is 73.9 Å². The van der Waals surface area contributed by atoms with E-state index in [1.807, 2.05) is 37.3 Å². The van der Waals surface area contributed by atoms with Crippen LogP contribution in [0.2, 0.25) is 0 Å². The number of rotatable bonds is 7. The Morgan fingerprint density at radius 1 is 1.07 bits per heavy atom. The zero-order valence-corrected chi connectivity index (χ0v) is 18.4. The molecule has 0 amide bonds. The van der Waals surface area contributed by atoms with E-state index < -0.39 is 10.0 Å². The Hall–Kier alpha value is -2.25. The van der Waals surface area contributed by atoms with Crippen LogP contribution in [0, 0.1) is 6.92 Å². The van der Waals surface area contributed by atoms with E-state index in [1.54, 1.807) is 19.1 Å². The third-order valence-corrected chi connectivity index (χ3v) is 6.17. The lowest BCUT2D eigenvalue weighted by Crippen LogP contribution is -2.16. The molecule has 0 fully saturated rings. The topological polar surface area (TPSA) is 72.8 Å². The maximum atomic E-state index is 12.8. The van der Waals surface area contributed by atoms with Gasteiger partial charge >= 0.3 is 0 Å². The van der Waals surface area contributed by atoms with Gasteiger partial charge in [0.05, 0.1) is 16.0 Å². The number of aryl methyl sites for hydroxylation is 1. The first-order valence-electron chi connectivity index (χ1n) is 8.73. The van der Waals surface area contributed by atoms with E-state index in [9.17, 15) is 13.2 Å². The molecule has 148 valence electrons. The number of nitrogens with zero attached hydrogens (tertiary/aromatic N) is 1. The predicted octanol–water partition coefficient (Wildman–Crippen LogP) is 4.60. The summed E-state index contributed by atoms with van der Waals surface area (Å²) >= 11 is 3.28. The van der Waals surface area contributed by atoms with E-state index in [1.165, 1.54) is 19.1 Å². The van der Waals surface area contributed by atoms with Gasteiger partial charge in [-0.1, -0.05) is 48.0 Å². The number of hydrogen-bond acceptors (Lipinski definition) is 4. The molecule has 0 saturated carbocycles. The number of allylic oxidation sites excluding steroid dienone is 1. The van der Waals surface area contributed by atoms with E-state index in [0.717, 1.165) is 11.1 Å². The molecule has 0 spiro atoms. The quantitative estimate of drug-likeness (QED) is 0.341. The number of benzene rings is 2. The molecule has 0 saturated heterocycles. The lowest BCUT2D eigenvalue weighted by Gasteiger charge is -2.14. The Morgan fingerprint density at radius 3 is 2.21 bits per heavy atom. The van der Waals surface area contributed by atoms with E-state index in [-0.39, 0.29) is 27.7 Å². The van der Waals surface area contributed by atoms with Crippen LogP contribution in [-0.2, 0) is 26.0 Å². The number of sulfonamides is 1. The van der Waals surface area contributed by atoms with Gasteiger partial charge in [0, 0.05) is 12.0 Å². The molecule has 0 unspecified atom stereocenters. The first-order chi connectivity index (χ1) is 13.2. The fourth-order valence-corrected chi connectivity index (χ4v) is 3.71. The average Bonchev–Trinajstić information content (AvgIpc) is 2.66. The fraction of sp³-hybridized carbons (Fsp3) is 0.238. The number of ether oxygens (including phenoxy) is 1. The highest BCUT2D eigenvalue weighted by molar-refractivity contribution is 9.12. The monoisotopic (exact) mass is 463 g/mol. The summed E-state index contributed by atoms with van der Waals surface area (Å²) < 4.78 is 35.3. The third-order valence-electron chi connectivity index (χ3n) is 3.86. The fourth-order valence-electron chi connectivity index (χ4n) is 2.44. The van der Waals surface area contributed by atoms with Crippen LogP contribution in [0.5, 0.6) is 0 Å². The van der Waals surface area contributed by atoms with Crippen molar-refractivity contribution in [1.29, 1.82) is 0 Å². The Morgan fingerprint density at radius 2 is 1.68 bits per heavy atom. The number of carbonyl (C=O) groups excluding carboxylic acids is 1. The second kappa shape index (κ2) is 9.80. The predicted molar refractivity (Wildman–Crippen MR) is 114 cm³/mol. The molecule has 2 aromatic carbocycles. The van der Waals surface area contributed by atoms with Gasteiger partial charge in [0.1, 0.15) is 0 Å². The summed E-state index contributed by atoms with van der Waals surface area (Å²) in [5.41, 5.74) is 2.23. The second-order valence-corrected chi connectivity index (χ2v) is 8.53. The van der Waals surface area contributed by atoms with E-state index >= 15 is 0 Å². The summed E-state index contributed by atoms with van der Waals surface area (Å²) in [6.45, 7) is 5.21. The molecule has 0 radical (unpaired) electrons. The smallest absolute Gasteiger partial charge is 0.285 e. The molecule has 28 heavy (non-hydrogen) atoms. The molecule has 0 heterocycles. The van der Waals surface area contributed by atoms with Crippen molar-refractivity contribution < 1.29 is 17.9 Å². The van der Waals surface area contributed by atoms with Gasteiger partial charge in [-0.3, -0.25) is 4.79 Å². The molecule has 0 atom stereocenters. The van der Waals surface area contributed by atoms with Gasteiger partial charge in [0.15, 0.2) is 5.78 Å². The number of carbonyl (C=O) groups is 1. The van der Waals surface area contributed by atoms with Crippen molar-refractivity contribution in [2.75, 3.05) is 6.61 Å². The highest BCUT2D eigenvalue weighted by atomic mass is 79.9. The van der Waals surface area contributed by atoms with Crippen molar-refractivity contribution in [3.05, 3.63) is 75.8 Å². The van der Waals surface area contributed by atoms with Crippen molar-refractivity contribution in [2.24, 2.45) is 4.40 Å². The lowest BCUT2D eigenvalue weighted by atomic mass is 10.0. The average molecular weight is 464 g/mol. The minimum atomic E-state index is -4.00. The zero-order valence-electron chi connectivity index (χ0n) is 16.0. The summed E-state index contributed by atoms with van der Waals surface area (Å²) in [5.74, 6) is -0.333. The molecule has 0 bridgehead atoms. The molecule has 5 nitrogen and oxygen atoms in total. The SMILES string of the molecule is CCOC(=N/S(=O)(=O)c1ccc(C)cc1)/C(Cc1ccccc1)=C(/Br)C(C)=O. The number of Topliss-reactive ketones (excluding diaryl/α,β-unsaturated/α-hetero) is 1. The summed E-state index contributed by atoms with van der Waals surface area (Å²) in [5, 5.41) is 0. The first-order valence-corrected chi connectivity index (χ1v) is 11.0. The number of halogens is 1. The Bertz CT molecular complexity index is 994. The van der Waals surface area contributed by atoms with Crippen molar-refractivity contribution in [3.63, 3.8) is 0 Å². The molecule has 0 aromatic heterocycles. The highest BCUT2D eigenvalue weighted by Crippen LogP contribution is 2.23. The minimum absolute atomic E-state index is 0.0633. The molecule has 7 heteroatoms. The maximum absolute atomic E-state index is 12.8. The molecule has 0 N–H and O–H groups in total. The number of ketones is 1. The zero-order chi connectivity index (χ0) is 20.7. The van der Waals surface area contributed by atoms with Crippen LogP contribution in [0.3, 0.4) is 0 Å². The standard InChI is InChI=1S/C21H22BrNO4S/c1-4-27-21(23-28(25,26)18-12-10-15(2)11-13-18)19(20(22)16(3)24)14-17-8-6-5-7-9-17/h5-13H,4,14H2,1-3H3/b20-19+,23-21+. The van der Waals surface area contributed by atoms with Crippen molar-refractivity contribution in [2.45, 2.75) is 32.1 Å². The molecule has 0 aliphatic rings. The highest BCUT2D eigenvalue weighted by Gasteiger charge is 2.22. The van der Waals surface area contributed by atoms with Crippen LogP contribution in [-0.4, -0.2) is 26.7 Å². The summed E-state index contributed by atoms with van der Waals surface area (Å²) in [6.07, 6.45) is 0.295. The van der Waals surface area contributed by atoms with Gasteiger partial charge in [-0.15, -0.1) is 4.40 Å². The number of hydrogen-bond donors (Lipinski definition) is 0. The second-order valence-electron chi connectivity index (χ2n) is 6.13. The minimum Gasteiger partial charge on any atom is -0.477 e. The Kier molecular flexibility index (Phi) is 7.71. The van der Waals surface area contributed by atoms with Gasteiger partial charge in [-0.25, -0.2) is 0 Å². The van der Waals surface area contributed by atoms with Crippen molar-refractivity contribution in [3.8, 4) is 0 Å². The molecule has 0 aliphatic heterocycles.